The molecule has 1 heterocycles. The Kier molecular flexibility index (Phi) is 5.02. The van der Waals surface area contributed by atoms with Crippen molar-refractivity contribution in [2.24, 2.45) is 5.92 Å². The van der Waals surface area contributed by atoms with Crippen LogP contribution in [-0.2, 0) is 9.53 Å². The van der Waals surface area contributed by atoms with Gasteiger partial charge in [0, 0.05) is 5.02 Å². The van der Waals surface area contributed by atoms with E-state index in [4.69, 9.17) is 16.3 Å². The summed E-state index contributed by atoms with van der Waals surface area (Å²) in [6.45, 7) is 3.04. The summed E-state index contributed by atoms with van der Waals surface area (Å²) in [5.41, 5.74) is 1.33. The van der Waals surface area contributed by atoms with E-state index in [-0.39, 0.29) is 0 Å². The Morgan fingerprint density at radius 1 is 1.39 bits per heavy atom. The molecule has 0 aliphatic carbocycles. The lowest BCUT2D eigenvalue weighted by Crippen LogP contribution is -2.36. The average molecular weight is 268 g/mol. The van der Waals surface area contributed by atoms with Crippen LogP contribution in [0.15, 0.2) is 24.3 Å². The molecule has 2 unspecified atom stereocenters. The maximum absolute atomic E-state index is 10.2. The molecule has 2 rings (SSSR count). The minimum atomic E-state index is 0.500. The molecule has 1 fully saturated rings. The second kappa shape index (κ2) is 6.76. The summed E-state index contributed by atoms with van der Waals surface area (Å²) >= 11 is 5.92. The molecule has 1 N–H and O–H groups in total. The van der Waals surface area contributed by atoms with Crippen molar-refractivity contribution < 1.29 is 9.53 Å². The molecular formula is C14H18ClNO2. The quantitative estimate of drug-likeness (QED) is 0.658. The van der Waals surface area contributed by atoms with Gasteiger partial charge in [-0.3, -0.25) is 4.79 Å². The van der Waals surface area contributed by atoms with Gasteiger partial charge in [0.1, 0.15) is 0 Å². The van der Waals surface area contributed by atoms with E-state index in [0.717, 1.165) is 31.0 Å². The molecule has 0 saturated carbocycles. The number of carbonyl (C=O) groups is 1. The summed E-state index contributed by atoms with van der Waals surface area (Å²) in [4.78, 5) is 10.2. The van der Waals surface area contributed by atoms with Crippen molar-refractivity contribution in [3.05, 3.63) is 34.9 Å². The highest BCUT2D eigenvalue weighted by atomic mass is 35.5. The van der Waals surface area contributed by atoms with Crippen LogP contribution < -0.4 is 5.32 Å². The van der Waals surface area contributed by atoms with Gasteiger partial charge in [0.25, 0.3) is 6.47 Å². The van der Waals surface area contributed by atoms with Gasteiger partial charge in [0.15, 0.2) is 0 Å². The molecule has 0 aromatic heterocycles. The molecule has 1 saturated heterocycles. The normalized spacial score (nSPS) is 23.6. The Hall–Kier alpha value is -1.06. The van der Waals surface area contributed by atoms with E-state index >= 15 is 0 Å². The molecule has 0 bridgehead atoms. The topological polar surface area (TPSA) is 38.3 Å². The zero-order valence-electron chi connectivity index (χ0n) is 10.3. The minimum Gasteiger partial charge on any atom is -0.468 e. The molecule has 4 heteroatoms. The number of benzene rings is 1. The molecule has 3 nitrogen and oxygen atoms in total. The summed E-state index contributed by atoms with van der Waals surface area (Å²) in [7, 11) is 0. The van der Waals surface area contributed by atoms with Crippen molar-refractivity contribution in [2.45, 2.75) is 18.8 Å². The van der Waals surface area contributed by atoms with Crippen LogP contribution in [0.5, 0.6) is 0 Å². The molecule has 0 amide bonds. The lowest BCUT2D eigenvalue weighted by atomic mass is 9.79. The molecule has 2 atom stereocenters. The van der Waals surface area contributed by atoms with Crippen molar-refractivity contribution in [3.63, 3.8) is 0 Å². The highest BCUT2D eigenvalue weighted by Crippen LogP contribution is 2.32. The number of halogens is 1. The fourth-order valence-corrected chi connectivity index (χ4v) is 2.77. The Bertz CT molecular complexity index is 380. The fraction of sp³-hybridized carbons (Fsp3) is 0.500. The number of carbonyl (C=O) groups excluding carboxylic acids is 1. The molecule has 1 aliphatic rings. The van der Waals surface area contributed by atoms with Gasteiger partial charge < -0.3 is 10.1 Å². The van der Waals surface area contributed by atoms with Gasteiger partial charge in [-0.15, -0.1) is 0 Å². The lowest BCUT2D eigenvalue weighted by molar-refractivity contribution is -0.129. The second-order valence-electron chi connectivity index (χ2n) is 4.67. The third kappa shape index (κ3) is 3.47. The van der Waals surface area contributed by atoms with Crippen LogP contribution in [0.4, 0.5) is 0 Å². The van der Waals surface area contributed by atoms with Crippen molar-refractivity contribution in [2.75, 3.05) is 19.7 Å². The predicted octanol–water partition coefficient (Wildman–Crippen LogP) is 2.60. The van der Waals surface area contributed by atoms with Crippen LogP contribution in [0.1, 0.15) is 24.3 Å². The van der Waals surface area contributed by atoms with Crippen LogP contribution in [0.25, 0.3) is 0 Å². The Morgan fingerprint density at radius 2 is 2.17 bits per heavy atom. The van der Waals surface area contributed by atoms with Gasteiger partial charge in [0.05, 0.1) is 6.61 Å². The largest absolute Gasteiger partial charge is 0.468 e. The Balaban J connectivity index is 2.02. The van der Waals surface area contributed by atoms with Crippen LogP contribution in [0.2, 0.25) is 5.02 Å². The molecule has 1 aromatic rings. The van der Waals surface area contributed by atoms with Crippen LogP contribution in [0.3, 0.4) is 0 Å². The number of nitrogens with one attached hydrogen (secondary N) is 1. The van der Waals surface area contributed by atoms with Gasteiger partial charge in [-0.2, -0.15) is 0 Å². The summed E-state index contributed by atoms with van der Waals surface area (Å²) in [6, 6.07) is 8.09. The first kappa shape index (κ1) is 13.4. The second-order valence-corrected chi connectivity index (χ2v) is 5.10. The number of hydrogen-bond donors (Lipinski definition) is 1. The van der Waals surface area contributed by atoms with E-state index in [1.54, 1.807) is 0 Å². The summed E-state index contributed by atoms with van der Waals surface area (Å²) < 4.78 is 4.81. The summed E-state index contributed by atoms with van der Waals surface area (Å²) in [6.07, 6.45) is 2.02. The Labute approximate surface area is 112 Å². The molecule has 18 heavy (non-hydrogen) atoms. The SMILES string of the molecule is O=COCCC1CNCCC1c1ccc(Cl)cc1. The summed E-state index contributed by atoms with van der Waals surface area (Å²) in [5.74, 6) is 1.04. The molecule has 98 valence electrons. The third-order valence-corrected chi connectivity index (χ3v) is 3.83. The zero-order valence-corrected chi connectivity index (χ0v) is 11.0. The zero-order chi connectivity index (χ0) is 12.8. The third-order valence-electron chi connectivity index (χ3n) is 3.58. The van der Waals surface area contributed by atoms with Crippen LogP contribution in [-0.4, -0.2) is 26.2 Å². The highest BCUT2D eigenvalue weighted by molar-refractivity contribution is 6.30. The number of hydrogen-bond acceptors (Lipinski definition) is 3. The smallest absolute Gasteiger partial charge is 0.293 e. The number of rotatable bonds is 5. The first-order chi connectivity index (χ1) is 8.81. The maximum Gasteiger partial charge on any atom is 0.293 e. The van der Waals surface area contributed by atoms with E-state index in [9.17, 15) is 4.79 Å². The van der Waals surface area contributed by atoms with Crippen molar-refractivity contribution in [1.29, 1.82) is 0 Å². The number of piperidine rings is 1. The molecule has 0 spiro atoms. The van der Waals surface area contributed by atoms with Crippen LogP contribution in [0, 0.1) is 5.92 Å². The molecule has 1 aromatic carbocycles. The van der Waals surface area contributed by atoms with Gasteiger partial charge >= 0.3 is 0 Å². The van der Waals surface area contributed by atoms with E-state index in [0.29, 0.717) is 24.9 Å². The maximum atomic E-state index is 10.2. The first-order valence-corrected chi connectivity index (χ1v) is 6.70. The van der Waals surface area contributed by atoms with E-state index in [1.165, 1.54) is 5.56 Å². The van der Waals surface area contributed by atoms with E-state index < -0.39 is 0 Å². The Morgan fingerprint density at radius 3 is 2.89 bits per heavy atom. The molecule has 0 radical (unpaired) electrons. The predicted molar refractivity (Wildman–Crippen MR) is 71.8 cm³/mol. The highest BCUT2D eigenvalue weighted by Gasteiger charge is 2.26. The number of ether oxygens (including phenoxy) is 1. The van der Waals surface area contributed by atoms with Crippen molar-refractivity contribution in [1.82, 2.24) is 5.32 Å². The fourth-order valence-electron chi connectivity index (χ4n) is 2.64. The first-order valence-electron chi connectivity index (χ1n) is 6.32. The van der Waals surface area contributed by atoms with Gasteiger partial charge in [-0.25, -0.2) is 0 Å². The van der Waals surface area contributed by atoms with Crippen LogP contribution >= 0.6 is 11.6 Å². The van der Waals surface area contributed by atoms with Crippen molar-refractivity contribution in [3.8, 4) is 0 Å². The lowest BCUT2D eigenvalue weighted by Gasteiger charge is -2.32. The van der Waals surface area contributed by atoms with E-state index in [1.807, 2.05) is 12.1 Å². The van der Waals surface area contributed by atoms with E-state index in [2.05, 4.69) is 17.4 Å². The van der Waals surface area contributed by atoms with Gasteiger partial charge in [-0.05, 0) is 55.5 Å². The molecular weight excluding hydrogens is 250 g/mol. The van der Waals surface area contributed by atoms with Gasteiger partial charge in [-0.1, -0.05) is 23.7 Å². The minimum absolute atomic E-state index is 0.500. The average Bonchev–Trinajstić information content (AvgIpc) is 2.41. The standard InChI is InChI=1S/C14H18ClNO2/c15-13-3-1-11(2-4-13)14-5-7-16-9-12(14)6-8-18-10-17/h1-4,10,12,14,16H,5-9H2. The molecule has 1 aliphatic heterocycles. The summed E-state index contributed by atoms with van der Waals surface area (Å²) in [5, 5.41) is 4.17. The van der Waals surface area contributed by atoms with Crippen molar-refractivity contribution >= 4 is 18.1 Å². The monoisotopic (exact) mass is 267 g/mol. The van der Waals surface area contributed by atoms with Gasteiger partial charge in [0.2, 0.25) is 0 Å².